The molecule has 2 heterocycles. The number of hydrogen-bond acceptors (Lipinski definition) is 9. The molecule has 242 valence electrons. The fourth-order valence-corrected chi connectivity index (χ4v) is 5.94. The standard InChI is InChI=1S/C40H28O9/c1-23(19-25-9-3-7-13-33(25)41)37(43)46-27-15-17-31-35(21-27)48-36-22-28(47-38(44)24(2)20-26-10-4-8-14-34(26)42)16-18-32(36)40(31)30-12-6-5-11-29(30)39(45)49-40/h3-22,41-42H,1-2H3/b23-19+,24-20+. The van der Waals surface area contributed by atoms with Crippen LogP contribution >= 0.6 is 0 Å². The number of phenolic OH excluding ortho intramolecular Hbond substituents is 2. The van der Waals surface area contributed by atoms with E-state index in [1.165, 1.54) is 36.4 Å². The number of aromatic hydroxyl groups is 2. The van der Waals surface area contributed by atoms with Gasteiger partial charge in [0.2, 0.25) is 0 Å². The van der Waals surface area contributed by atoms with Gasteiger partial charge in [-0.15, -0.1) is 0 Å². The van der Waals surface area contributed by atoms with Gasteiger partial charge in [-0.2, -0.15) is 0 Å². The largest absolute Gasteiger partial charge is 0.507 e. The van der Waals surface area contributed by atoms with Gasteiger partial charge in [0.25, 0.3) is 0 Å². The van der Waals surface area contributed by atoms with Crippen LogP contribution in [0.5, 0.6) is 34.5 Å². The van der Waals surface area contributed by atoms with Crippen LogP contribution in [0.4, 0.5) is 0 Å². The Balaban J connectivity index is 1.24. The number of fused-ring (bicyclic) bond motifs is 6. The van der Waals surface area contributed by atoms with E-state index in [2.05, 4.69) is 0 Å². The summed E-state index contributed by atoms with van der Waals surface area (Å²) in [6.07, 6.45) is 3.05. The molecule has 0 aromatic heterocycles. The van der Waals surface area contributed by atoms with Gasteiger partial charge in [-0.3, -0.25) is 0 Å². The van der Waals surface area contributed by atoms with Crippen molar-refractivity contribution in [2.24, 2.45) is 0 Å². The van der Waals surface area contributed by atoms with Crippen LogP contribution < -0.4 is 14.2 Å². The molecular weight excluding hydrogens is 624 g/mol. The van der Waals surface area contributed by atoms with Crippen LogP contribution in [0.2, 0.25) is 0 Å². The summed E-state index contributed by atoms with van der Waals surface area (Å²) in [4.78, 5) is 39.3. The molecule has 1 spiro atoms. The van der Waals surface area contributed by atoms with Crippen molar-refractivity contribution in [3.05, 3.63) is 154 Å². The third-order valence-electron chi connectivity index (χ3n) is 8.34. The first kappa shape index (κ1) is 31.0. The average molecular weight is 653 g/mol. The highest BCUT2D eigenvalue weighted by Gasteiger charge is 2.53. The van der Waals surface area contributed by atoms with Gasteiger partial charge in [0.15, 0.2) is 5.60 Å². The van der Waals surface area contributed by atoms with Gasteiger partial charge in [-0.25, -0.2) is 14.4 Å². The summed E-state index contributed by atoms with van der Waals surface area (Å²) in [7, 11) is 0. The lowest BCUT2D eigenvalue weighted by Gasteiger charge is -2.36. The van der Waals surface area contributed by atoms with Crippen LogP contribution in [0.3, 0.4) is 0 Å². The van der Waals surface area contributed by atoms with Crippen molar-refractivity contribution in [2.75, 3.05) is 0 Å². The van der Waals surface area contributed by atoms with Crippen LogP contribution in [0.1, 0.15) is 52.0 Å². The van der Waals surface area contributed by atoms with Crippen molar-refractivity contribution >= 4 is 30.1 Å². The molecule has 0 unspecified atom stereocenters. The molecule has 9 heteroatoms. The van der Waals surface area contributed by atoms with E-state index in [4.69, 9.17) is 18.9 Å². The van der Waals surface area contributed by atoms with Crippen LogP contribution in [0.15, 0.2) is 120 Å². The molecule has 49 heavy (non-hydrogen) atoms. The lowest BCUT2D eigenvalue weighted by Crippen LogP contribution is -2.33. The highest BCUT2D eigenvalue weighted by molar-refractivity contribution is 5.98. The van der Waals surface area contributed by atoms with E-state index >= 15 is 0 Å². The van der Waals surface area contributed by atoms with Crippen molar-refractivity contribution in [3.63, 3.8) is 0 Å². The van der Waals surface area contributed by atoms with E-state index in [1.54, 1.807) is 92.7 Å². The maximum atomic E-state index is 13.2. The molecule has 0 aliphatic carbocycles. The van der Waals surface area contributed by atoms with E-state index in [9.17, 15) is 24.6 Å². The average Bonchev–Trinajstić information content (AvgIpc) is 3.38. The Kier molecular flexibility index (Phi) is 7.72. The first-order valence-corrected chi connectivity index (χ1v) is 15.3. The molecule has 9 nitrogen and oxygen atoms in total. The third-order valence-corrected chi connectivity index (χ3v) is 8.34. The van der Waals surface area contributed by atoms with Gasteiger partial charge in [-0.05, 0) is 68.5 Å². The lowest BCUT2D eigenvalue weighted by molar-refractivity contribution is -0.130. The summed E-state index contributed by atoms with van der Waals surface area (Å²) >= 11 is 0. The normalized spacial score (nSPS) is 16.2. The molecule has 2 aliphatic rings. The summed E-state index contributed by atoms with van der Waals surface area (Å²) in [5, 5.41) is 20.2. The van der Waals surface area contributed by atoms with Crippen molar-refractivity contribution in [1.29, 1.82) is 0 Å². The molecule has 0 bridgehead atoms. The second-order valence-corrected chi connectivity index (χ2v) is 11.6. The molecule has 2 N–H and O–H groups in total. The summed E-state index contributed by atoms with van der Waals surface area (Å²) in [5.74, 6) is -0.919. The number of para-hydroxylation sites is 2. The number of carbonyl (C=O) groups is 3. The van der Waals surface area contributed by atoms with E-state index in [1.807, 2.05) is 6.07 Å². The number of phenols is 2. The zero-order valence-corrected chi connectivity index (χ0v) is 26.3. The number of rotatable bonds is 6. The van der Waals surface area contributed by atoms with Gasteiger partial charge in [0, 0.05) is 51.1 Å². The van der Waals surface area contributed by atoms with Gasteiger partial charge < -0.3 is 29.2 Å². The Labute approximate surface area is 280 Å². The first-order valence-electron chi connectivity index (χ1n) is 15.3. The molecule has 0 atom stereocenters. The Morgan fingerprint density at radius 2 is 1.10 bits per heavy atom. The second kappa shape index (κ2) is 12.2. The molecule has 0 amide bonds. The number of hydrogen-bond donors (Lipinski definition) is 2. The predicted molar refractivity (Wildman–Crippen MR) is 179 cm³/mol. The predicted octanol–water partition coefficient (Wildman–Crippen LogP) is 7.68. The fourth-order valence-electron chi connectivity index (χ4n) is 5.94. The highest BCUT2D eigenvalue weighted by Crippen LogP contribution is 2.57. The minimum Gasteiger partial charge on any atom is -0.507 e. The monoisotopic (exact) mass is 652 g/mol. The lowest BCUT2D eigenvalue weighted by atomic mass is 9.77. The molecule has 5 aromatic carbocycles. The van der Waals surface area contributed by atoms with E-state index in [-0.39, 0.29) is 45.6 Å². The maximum Gasteiger partial charge on any atom is 0.340 e. The van der Waals surface area contributed by atoms with Gasteiger partial charge in [-0.1, -0.05) is 54.6 Å². The fraction of sp³-hybridized carbons (Fsp3) is 0.0750. The van der Waals surface area contributed by atoms with Crippen molar-refractivity contribution in [3.8, 4) is 34.5 Å². The Morgan fingerprint density at radius 3 is 1.61 bits per heavy atom. The van der Waals surface area contributed by atoms with E-state index in [0.29, 0.717) is 33.4 Å². The van der Waals surface area contributed by atoms with Crippen LogP contribution in [-0.4, -0.2) is 28.1 Å². The molecule has 5 aromatic rings. The summed E-state index contributed by atoms with van der Waals surface area (Å²) < 4.78 is 23.9. The zero-order chi connectivity index (χ0) is 34.3. The molecule has 0 fully saturated rings. The Hall–Kier alpha value is -6.61. The Bertz CT molecular complexity index is 2120. The van der Waals surface area contributed by atoms with Gasteiger partial charge in [0.05, 0.1) is 5.56 Å². The Morgan fingerprint density at radius 1 is 0.633 bits per heavy atom. The zero-order valence-electron chi connectivity index (χ0n) is 26.3. The molecule has 2 aliphatic heterocycles. The quantitative estimate of drug-likeness (QED) is 0.108. The molecular formula is C40H28O9. The van der Waals surface area contributed by atoms with E-state index in [0.717, 1.165) is 0 Å². The van der Waals surface area contributed by atoms with E-state index < -0.39 is 23.5 Å². The second-order valence-electron chi connectivity index (χ2n) is 11.6. The molecule has 0 saturated carbocycles. The number of benzene rings is 5. The van der Waals surface area contributed by atoms with Gasteiger partial charge >= 0.3 is 17.9 Å². The first-order chi connectivity index (χ1) is 23.6. The smallest absolute Gasteiger partial charge is 0.340 e. The van der Waals surface area contributed by atoms with Gasteiger partial charge in [0.1, 0.15) is 34.5 Å². The summed E-state index contributed by atoms with van der Waals surface area (Å²) in [5.41, 5.74) is 2.03. The topological polar surface area (TPSA) is 129 Å². The number of carbonyl (C=O) groups excluding carboxylic acids is 3. The molecule has 0 radical (unpaired) electrons. The highest BCUT2D eigenvalue weighted by atomic mass is 16.6. The van der Waals surface area contributed by atoms with Crippen molar-refractivity contribution in [1.82, 2.24) is 0 Å². The summed E-state index contributed by atoms with van der Waals surface area (Å²) in [6, 6.07) is 29.9. The number of esters is 3. The van der Waals surface area contributed by atoms with Crippen molar-refractivity contribution < 1.29 is 43.5 Å². The maximum absolute atomic E-state index is 13.2. The summed E-state index contributed by atoms with van der Waals surface area (Å²) in [6.45, 7) is 3.15. The molecule has 0 saturated heterocycles. The van der Waals surface area contributed by atoms with Crippen LogP contribution in [0, 0.1) is 0 Å². The molecule has 7 rings (SSSR count). The minimum absolute atomic E-state index is 0.0268. The SMILES string of the molecule is C/C(=C\c1ccccc1O)C(=O)Oc1ccc2c(c1)Oc1cc(OC(=O)/C(C)=C/c3ccccc3O)ccc1C21OC(=O)c2ccccc21. The van der Waals surface area contributed by atoms with Crippen molar-refractivity contribution in [2.45, 2.75) is 19.4 Å². The van der Waals surface area contributed by atoms with Crippen LogP contribution in [-0.2, 0) is 19.9 Å². The number of ether oxygens (including phenoxy) is 4. The van der Waals surface area contributed by atoms with Crippen LogP contribution in [0.25, 0.3) is 12.2 Å². The minimum atomic E-state index is -1.40. The third kappa shape index (κ3) is 5.57.